The van der Waals surface area contributed by atoms with Crippen LogP contribution in [0, 0.1) is 13.8 Å². The number of aromatic nitrogens is 2. The second kappa shape index (κ2) is 8.24. The van der Waals surface area contributed by atoms with Crippen LogP contribution in [0.1, 0.15) is 11.1 Å². The summed E-state index contributed by atoms with van der Waals surface area (Å²) < 4.78 is 6.26. The van der Waals surface area contributed by atoms with E-state index < -0.39 is 0 Å². The molecule has 0 saturated carbocycles. The molecule has 2 aromatic heterocycles. The minimum atomic E-state index is 0.873. The third-order valence-electron chi connectivity index (χ3n) is 7.92. The second-order valence-electron chi connectivity index (χ2n) is 10.3. The van der Waals surface area contributed by atoms with Gasteiger partial charge in [0.25, 0.3) is 0 Å². The van der Waals surface area contributed by atoms with E-state index in [0.717, 1.165) is 71.7 Å². The number of fused-ring (bicyclic) bond motifs is 9. The minimum Gasteiger partial charge on any atom is -0.456 e. The molecule has 0 spiro atoms. The van der Waals surface area contributed by atoms with Crippen molar-refractivity contribution in [1.82, 2.24) is 9.97 Å². The molecule has 8 aromatic rings. The summed E-state index contributed by atoms with van der Waals surface area (Å²) in [5.74, 6) is 0. The smallest absolute Gasteiger partial charge is 0.138 e. The van der Waals surface area contributed by atoms with Gasteiger partial charge in [-0.05, 0) is 59.0 Å². The van der Waals surface area contributed by atoms with Crippen LogP contribution >= 0.6 is 0 Å². The Morgan fingerprint density at radius 3 is 1.85 bits per heavy atom. The Morgan fingerprint density at radius 2 is 1.10 bits per heavy atom. The first-order valence-electron chi connectivity index (χ1n) is 13.3. The van der Waals surface area contributed by atoms with Crippen LogP contribution in [0.3, 0.4) is 0 Å². The van der Waals surface area contributed by atoms with Gasteiger partial charge in [0, 0.05) is 27.1 Å². The molecule has 0 unspecified atom stereocenters. The van der Waals surface area contributed by atoms with Crippen LogP contribution in [0.4, 0.5) is 0 Å². The maximum atomic E-state index is 6.26. The van der Waals surface area contributed by atoms with Gasteiger partial charge in [0.05, 0.1) is 22.9 Å². The third-order valence-corrected chi connectivity index (χ3v) is 7.92. The highest BCUT2D eigenvalue weighted by Crippen LogP contribution is 2.37. The largest absolute Gasteiger partial charge is 0.456 e. The zero-order valence-electron chi connectivity index (χ0n) is 21.7. The second-order valence-corrected chi connectivity index (χ2v) is 10.3. The zero-order chi connectivity index (χ0) is 26.1. The predicted octanol–water partition coefficient (Wildman–Crippen LogP) is 9.79. The molecular weight excluding hydrogens is 476 g/mol. The molecule has 0 N–H and O–H groups in total. The summed E-state index contributed by atoms with van der Waals surface area (Å²) in [6.07, 6.45) is 1.90. The van der Waals surface area contributed by atoms with Gasteiger partial charge < -0.3 is 4.42 Å². The van der Waals surface area contributed by atoms with E-state index in [9.17, 15) is 0 Å². The van der Waals surface area contributed by atoms with Crippen LogP contribution in [-0.4, -0.2) is 9.97 Å². The first kappa shape index (κ1) is 22.0. The van der Waals surface area contributed by atoms with Crippen molar-refractivity contribution in [3.63, 3.8) is 0 Å². The van der Waals surface area contributed by atoms with E-state index >= 15 is 0 Å². The van der Waals surface area contributed by atoms with Gasteiger partial charge in [-0.1, -0.05) is 91.0 Å². The fraction of sp³-hybridized carbons (Fsp3) is 0.0556. The molecular formula is C36H24N2O. The van der Waals surface area contributed by atoms with Crippen molar-refractivity contribution in [3.05, 3.63) is 120 Å². The number of aryl methyl sites for hydroxylation is 2. The average Bonchev–Trinajstić information content (AvgIpc) is 3.38. The number of hydrogen-bond acceptors (Lipinski definition) is 3. The highest BCUT2D eigenvalue weighted by atomic mass is 16.3. The number of furan rings is 1. The van der Waals surface area contributed by atoms with Crippen molar-refractivity contribution < 1.29 is 4.42 Å². The topological polar surface area (TPSA) is 38.9 Å². The molecule has 2 heterocycles. The van der Waals surface area contributed by atoms with Crippen LogP contribution < -0.4 is 0 Å². The molecule has 0 atom stereocenters. The Morgan fingerprint density at radius 1 is 0.487 bits per heavy atom. The molecule has 3 heteroatoms. The van der Waals surface area contributed by atoms with Crippen molar-refractivity contribution in [2.45, 2.75) is 13.8 Å². The minimum absolute atomic E-state index is 0.873. The van der Waals surface area contributed by atoms with Crippen LogP contribution in [-0.2, 0) is 0 Å². The van der Waals surface area contributed by atoms with Crippen LogP contribution in [0.15, 0.2) is 114 Å². The highest BCUT2D eigenvalue weighted by molar-refractivity contribution is 6.23. The normalized spacial score (nSPS) is 11.8. The van der Waals surface area contributed by atoms with E-state index in [1.807, 2.05) is 6.20 Å². The molecule has 8 rings (SSSR count). The summed E-state index contributed by atoms with van der Waals surface area (Å²) in [5.41, 5.74) is 10.4. The molecule has 3 nitrogen and oxygen atoms in total. The lowest BCUT2D eigenvalue weighted by Gasteiger charge is -2.11. The fourth-order valence-electron chi connectivity index (χ4n) is 5.97. The van der Waals surface area contributed by atoms with Crippen molar-refractivity contribution in [2.24, 2.45) is 0 Å². The van der Waals surface area contributed by atoms with Gasteiger partial charge in [-0.2, -0.15) is 0 Å². The number of para-hydroxylation sites is 1. The van der Waals surface area contributed by atoms with Gasteiger partial charge in [-0.15, -0.1) is 0 Å². The first-order valence-corrected chi connectivity index (χ1v) is 13.3. The molecule has 0 saturated heterocycles. The monoisotopic (exact) mass is 500 g/mol. The number of rotatable bonds is 2. The Kier molecular flexibility index (Phi) is 4.65. The van der Waals surface area contributed by atoms with Gasteiger partial charge in [0.1, 0.15) is 11.2 Å². The molecule has 0 bridgehead atoms. The zero-order valence-corrected chi connectivity index (χ0v) is 21.7. The van der Waals surface area contributed by atoms with Gasteiger partial charge >= 0.3 is 0 Å². The van der Waals surface area contributed by atoms with Gasteiger partial charge in [-0.3, -0.25) is 4.98 Å². The summed E-state index contributed by atoms with van der Waals surface area (Å²) >= 11 is 0. The quantitative estimate of drug-likeness (QED) is 0.222. The summed E-state index contributed by atoms with van der Waals surface area (Å²) in [5, 5.41) is 7.00. The summed E-state index contributed by atoms with van der Waals surface area (Å²) in [6, 6.07) is 36.4. The standard InChI is InChI=1S/C36H24N2O/c1-21-8-7-13-30-31-19-25(18-22(2)36(31)39-35(21)30)23-14-16-24(17-15-23)32-20-37-33-28-11-5-3-9-26(28)27-10-4-6-12-29(27)34(33)38-32/h3-20H,1-2H3. The lowest BCUT2D eigenvalue weighted by atomic mass is 9.98. The molecule has 0 radical (unpaired) electrons. The summed E-state index contributed by atoms with van der Waals surface area (Å²) in [6.45, 7) is 4.22. The van der Waals surface area contributed by atoms with E-state index in [-0.39, 0.29) is 0 Å². The predicted molar refractivity (Wildman–Crippen MR) is 162 cm³/mol. The molecule has 0 fully saturated rings. The number of benzene rings is 6. The first-order chi connectivity index (χ1) is 19.2. The third kappa shape index (κ3) is 3.30. The van der Waals surface area contributed by atoms with Crippen LogP contribution in [0.2, 0.25) is 0 Å². The Balaban J connectivity index is 1.25. The van der Waals surface area contributed by atoms with Crippen molar-refractivity contribution in [3.8, 4) is 22.4 Å². The molecule has 0 amide bonds. The fourth-order valence-corrected chi connectivity index (χ4v) is 5.97. The maximum absolute atomic E-state index is 6.26. The van der Waals surface area contributed by atoms with E-state index in [2.05, 4.69) is 117 Å². The van der Waals surface area contributed by atoms with E-state index in [0.29, 0.717) is 0 Å². The summed E-state index contributed by atoms with van der Waals surface area (Å²) in [7, 11) is 0. The molecule has 6 aromatic carbocycles. The maximum Gasteiger partial charge on any atom is 0.138 e. The van der Waals surface area contributed by atoms with Crippen LogP contribution in [0.5, 0.6) is 0 Å². The lowest BCUT2D eigenvalue weighted by Crippen LogP contribution is -1.92. The molecule has 39 heavy (non-hydrogen) atoms. The van der Waals surface area contributed by atoms with Gasteiger partial charge in [0.2, 0.25) is 0 Å². The van der Waals surface area contributed by atoms with E-state index in [1.54, 1.807) is 0 Å². The Bertz CT molecular complexity index is 2210. The van der Waals surface area contributed by atoms with E-state index in [4.69, 9.17) is 14.4 Å². The number of hydrogen-bond donors (Lipinski definition) is 0. The van der Waals surface area contributed by atoms with E-state index in [1.165, 1.54) is 16.3 Å². The van der Waals surface area contributed by atoms with Crippen LogP contribution in [0.25, 0.3) is 76.9 Å². The van der Waals surface area contributed by atoms with Gasteiger partial charge in [0.15, 0.2) is 0 Å². The average molecular weight is 501 g/mol. The van der Waals surface area contributed by atoms with Crippen molar-refractivity contribution >= 4 is 54.5 Å². The highest BCUT2D eigenvalue weighted by Gasteiger charge is 2.14. The Hall–Kier alpha value is -5.02. The summed E-state index contributed by atoms with van der Waals surface area (Å²) in [4.78, 5) is 10.1. The Labute approximate surface area is 225 Å². The lowest BCUT2D eigenvalue weighted by molar-refractivity contribution is 0.663. The van der Waals surface area contributed by atoms with Crippen molar-refractivity contribution in [1.29, 1.82) is 0 Å². The van der Waals surface area contributed by atoms with Gasteiger partial charge in [-0.25, -0.2) is 4.98 Å². The molecule has 0 aliphatic heterocycles. The molecule has 0 aliphatic carbocycles. The molecule has 184 valence electrons. The number of nitrogens with zero attached hydrogens (tertiary/aromatic N) is 2. The van der Waals surface area contributed by atoms with Crippen molar-refractivity contribution in [2.75, 3.05) is 0 Å². The SMILES string of the molecule is Cc1cccc2c1oc1c(C)cc(-c3ccc(-c4cnc5c6ccccc6c6ccccc6c5n4)cc3)cc12. The molecule has 0 aliphatic rings.